The number of hydrogen-bond donors (Lipinski definition) is 1. The second-order valence-corrected chi connectivity index (χ2v) is 2.85. The summed E-state index contributed by atoms with van der Waals surface area (Å²) in [4.78, 5) is 15.2. The number of aromatic nitrogens is 1. The first-order valence-corrected chi connectivity index (χ1v) is 4.49. The van der Waals surface area contributed by atoms with Gasteiger partial charge in [-0.15, -0.1) is 0 Å². The first-order chi connectivity index (χ1) is 6.33. The standard InChI is InChI=1S/C10H14N2O/c1-2-5-10(13)12-8-9-6-3-4-7-11-9/h3-4,6-7H,2,5,8H2,1H3,(H,12,13). The van der Waals surface area contributed by atoms with Crippen molar-refractivity contribution < 1.29 is 4.79 Å². The number of rotatable bonds is 4. The van der Waals surface area contributed by atoms with Gasteiger partial charge in [-0.05, 0) is 18.6 Å². The molecular formula is C10H14N2O. The molecule has 0 spiro atoms. The maximum absolute atomic E-state index is 11.1. The van der Waals surface area contributed by atoms with Crippen LogP contribution in [0.1, 0.15) is 25.5 Å². The molecule has 0 aromatic carbocycles. The van der Waals surface area contributed by atoms with Crippen LogP contribution in [0.3, 0.4) is 0 Å². The van der Waals surface area contributed by atoms with E-state index >= 15 is 0 Å². The highest BCUT2D eigenvalue weighted by Crippen LogP contribution is 1.93. The Kier molecular flexibility index (Phi) is 3.96. The summed E-state index contributed by atoms with van der Waals surface area (Å²) in [6.07, 6.45) is 3.20. The van der Waals surface area contributed by atoms with Crippen LogP contribution in [0.4, 0.5) is 0 Å². The first-order valence-electron chi connectivity index (χ1n) is 4.49. The normalized spacial score (nSPS) is 9.62. The Balaban J connectivity index is 2.31. The van der Waals surface area contributed by atoms with Gasteiger partial charge in [-0.2, -0.15) is 0 Å². The molecule has 1 heterocycles. The molecule has 1 N–H and O–H groups in total. The Morgan fingerprint density at radius 2 is 2.38 bits per heavy atom. The van der Waals surface area contributed by atoms with Gasteiger partial charge in [0.05, 0.1) is 12.2 Å². The van der Waals surface area contributed by atoms with E-state index in [1.165, 1.54) is 0 Å². The summed E-state index contributed by atoms with van der Waals surface area (Å²) >= 11 is 0. The predicted molar refractivity (Wildman–Crippen MR) is 51.0 cm³/mol. The van der Waals surface area contributed by atoms with Crippen molar-refractivity contribution >= 4 is 5.91 Å². The summed E-state index contributed by atoms with van der Waals surface area (Å²) in [5.74, 6) is 0.0909. The third-order valence-corrected chi connectivity index (χ3v) is 1.67. The van der Waals surface area contributed by atoms with Crippen LogP contribution in [0.25, 0.3) is 0 Å². The topological polar surface area (TPSA) is 42.0 Å². The summed E-state index contributed by atoms with van der Waals surface area (Å²) < 4.78 is 0. The number of pyridine rings is 1. The molecule has 1 rings (SSSR count). The zero-order valence-electron chi connectivity index (χ0n) is 7.79. The Hall–Kier alpha value is -1.38. The van der Waals surface area contributed by atoms with Crippen LogP contribution >= 0.6 is 0 Å². The van der Waals surface area contributed by atoms with Gasteiger partial charge in [-0.3, -0.25) is 9.78 Å². The molecular weight excluding hydrogens is 164 g/mol. The van der Waals surface area contributed by atoms with Crippen molar-refractivity contribution in [3.63, 3.8) is 0 Å². The summed E-state index contributed by atoms with van der Waals surface area (Å²) in [5.41, 5.74) is 0.895. The largest absolute Gasteiger partial charge is 0.350 e. The third kappa shape index (κ3) is 3.69. The summed E-state index contributed by atoms with van der Waals surface area (Å²) in [6, 6.07) is 5.66. The van der Waals surface area contributed by atoms with Crippen molar-refractivity contribution in [2.24, 2.45) is 0 Å². The fraction of sp³-hybridized carbons (Fsp3) is 0.400. The lowest BCUT2D eigenvalue weighted by Gasteiger charge is -2.02. The zero-order chi connectivity index (χ0) is 9.52. The highest BCUT2D eigenvalue weighted by molar-refractivity contribution is 5.75. The molecule has 13 heavy (non-hydrogen) atoms. The molecule has 0 radical (unpaired) electrons. The Morgan fingerprint density at radius 3 is 3.00 bits per heavy atom. The van der Waals surface area contributed by atoms with E-state index in [0.29, 0.717) is 13.0 Å². The maximum atomic E-state index is 11.1. The van der Waals surface area contributed by atoms with E-state index in [-0.39, 0.29) is 5.91 Å². The maximum Gasteiger partial charge on any atom is 0.220 e. The van der Waals surface area contributed by atoms with Gasteiger partial charge in [0, 0.05) is 12.6 Å². The molecule has 0 bridgehead atoms. The molecule has 70 valence electrons. The van der Waals surface area contributed by atoms with Crippen LogP contribution in [-0.4, -0.2) is 10.9 Å². The SMILES string of the molecule is CCCC(=O)NCc1ccccn1. The lowest BCUT2D eigenvalue weighted by Crippen LogP contribution is -2.22. The van der Waals surface area contributed by atoms with Crippen LogP contribution in [0.2, 0.25) is 0 Å². The summed E-state index contributed by atoms with van der Waals surface area (Å²) in [6.45, 7) is 2.51. The van der Waals surface area contributed by atoms with E-state index in [4.69, 9.17) is 0 Å². The fourth-order valence-electron chi connectivity index (χ4n) is 1.01. The molecule has 1 amide bonds. The van der Waals surface area contributed by atoms with Gasteiger partial charge in [-0.1, -0.05) is 13.0 Å². The highest BCUT2D eigenvalue weighted by atomic mass is 16.1. The molecule has 0 fully saturated rings. The van der Waals surface area contributed by atoms with Gasteiger partial charge < -0.3 is 5.32 Å². The van der Waals surface area contributed by atoms with Crippen molar-refractivity contribution in [2.75, 3.05) is 0 Å². The minimum Gasteiger partial charge on any atom is -0.350 e. The average Bonchev–Trinajstić information content (AvgIpc) is 2.17. The van der Waals surface area contributed by atoms with Gasteiger partial charge >= 0.3 is 0 Å². The monoisotopic (exact) mass is 178 g/mol. The summed E-state index contributed by atoms with van der Waals surface area (Å²) in [5, 5.41) is 2.80. The average molecular weight is 178 g/mol. The number of nitrogens with one attached hydrogen (secondary N) is 1. The van der Waals surface area contributed by atoms with E-state index in [0.717, 1.165) is 12.1 Å². The number of nitrogens with zero attached hydrogens (tertiary/aromatic N) is 1. The van der Waals surface area contributed by atoms with Crippen LogP contribution < -0.4 is 5.32 Å². The lowest BCUT2D eigenvalue weighted by molar-refractivity contribution is -0.121. The Labute approximate surface area is 78.2 Å². The molecule has 0 atom stereocenters. The number of amides is 1. The minimum atomic E-state index is 0.0909. The van der Waals surface area contributed by atoms with Crippen molar-refractivity contribution in [3.05, 3.63) is 30.1 Å². The molecule has 0 aliphatic heterocycles. The quantitative estimate of drug-likeness (QED) is 0.759. The van der Waals surface area contributed by atoms with Crippen LogP contribution in [0.5, 0.6) is 0 Å². The molecule has 0 aliphatic rings. The molecule has 3 heteroatoms. The van der Waals surface area contributed by atoms with Gasteiger partial charge in [0.2, 0.25) is 5.91 Å². The van der Waals surface area contributed by atoms with E-state index in [1.807, 2.05) is 25.1 Å². The fourth-order valence-corrected chi connectivity index (χ4v) is 1.01. The second kappa shape index (κ2) is 5.30. The van der Waals surface area contributed by atoms with Gasteiger partial charge in [0.1, 0.15) is 0 Å². The molecule has 0 saturated heterocycles. The molecule has 1 aromatic rings. The molecule has 0 saturated carbocycles. The van der Waals surface area contributed by atoms with Crippen LogP contribution in [0, 0.1) is 0 Å². The summed E-state index contributed by atoms with van der Waals surface area (Å²) in [7, 11) is 0. The zero-order valence-corrected chi connectivity index (χ0v) is 7.79. The Bertz CT molecular complexity index is 259. The Morgan fingerprint density at radius 1 is 1.54 bits per heavy atom. The van der Waals surface area contributed by atoms with Crippen LogP contribution in [-0.2, 0) is 11.3 Å². The predicted octanol–water partition coefficient (Wildman–Crippen LogP) is 1.50. The molecule has 1 aromatic heterocycles. The lowest BCUT2D eigenvalue weighted by atomic mass is 10.3. The molecule has 0 unspecified atom stereocenters. The van der Waals surface area contributed by atoms with Crippen LogP contribution in [0.15, 0.2) is 24.4 Å². The van der Waals surface area contributed by atoms with E-state index in [1.54, 1.807) is 6.20 Å². The number of carbonyl (C=O) groups excluding carboxylic acids is 1. The minimum absolute atomic E-state index is 0.0909. The van der Waals surface area contributed by atoms with E-state index in [2.05, 4.69) is 10.3 Å². The van der Waals surface area contributed by atoms with Gasteiger partial charge in [0.25, 0.3) is 0 Å². The smallest absolute Gasteiger partial charge is 0.220 e. The van der Waals surface area contributed by atoms with Gasteiger partial charge in [-0.25, -0.2) is 0 Å². The molecule has 3 nitrogen and oxygen atoms in total. The van der Waals surface area contributed by atoms with Crippen molar-refractivity contribution in [3.8, 4) is 0 Å². The first kappa shape index (κ1) is 9.71. The van der Waals surface area contributed by atoms with Crippen molar-refractivity contribution in [2.45, 2.75) is 26.3 Å². The highest BCUT2D eigenvalue weighted by Gasteiger charge is 1.98. The number of hydrogen-bond acceptors (Lipinski definition) is 2. The molecule has 0 aliphatic carbocycles. The number of carbonyl (C=O) groups is 1. The van der Waals surface area contributed by atoms with Gasteiger partial charge in [0.15, 0.2) is 0 Å². The van der Waals surface area contributed by atoms with Crippen molar-refractivity contribution in [1.82, 2.24) is 10.3 Å². The van der Waals surface area contributed by atoms with E-state index < -0.39 is 0 Å². The van der Waals surface area contributed by atoms with E-state index in [9.17, 15) is 4.79 Å². The third-order valence-electron chi connectivity index (χ3n) is 1.67. The van der Waals surface area contributed by atoms with Crippen molar-refractivity contribution in [1.29, 1.82) is 0 Å². The second-order valence-electron chi connectivity index (χ2n) is 2.85.